The smallest absolute Gasteiger partial charge is 0.0434 e. The molecule has 1 atom stereocenters. The number of hydrogen-bond donors (Lipinski definition) is 1. The molecule has 2 nitrogen and oxygen atoms in total. The van der Waals surface area contributed by atoms with Crippen molar-refractivity contribution in [1.29, 1.82) is 0 Å². The van der Waals surface area contributed by atoms with E-state index in [-0.39, 0.29) is 0 Å². The number of aliphatic hydroxyl groups excluding tert-OH is 1. The maximum absolute atomic E-state index is 9.17. The molecule has 0 aromatic carbocycles. The Kier molecular flexibility index (Phi) is 5.08. The van der Waals surface area contributed by atoms with Crippen molar-refractivity contribution in [3.63, 3.8) is 0 Å². The first-order valence-electron chi connectivity index (χ1n) is 8.01. The summed E-state index contributed by atoms with van der Waals surface area (Å²) in [6.45, 7) is 6.43. The Morgan fingerprint density at radius 1 is 1.06 bits per heavy atom. The molecule has 2 aliphatic rings. The van der Waals surface area contributed by atoms with Crippen LogP contribution in [0.5, 0.6) is 0 Å². The molecule has 0 bridgehead atoms. The molecular formula is C16H31NO. The van der Waals surface area contributed by atoms with Crippen LogP contribution in [-0.2, 0) is 0 Å². The first-order valence-corrected chi connectivity index (χ1v) is 8.01. The zero-order valence-corrected chi connectivity index (χ0v) is 12.3. The van der Waals surface area contributed by atoms with Crippen LogP contribution in [0.2, 0.25) is 0 Å². The van der Waals surface area contributed by atoms with E-state index in [1.165, 1.54) is 57.9 Å². The molecule has 2 fully saturated rings. The number of piperidine rings is 1. The van der Waals surface area contributed by atoms with E-state index in [2.05, 4.69) is 18.7 Å². The minimum absolute atomic E-state index is 0.365. The van der Waals surface area contributed by atoms with Crippen LogP contribution in [0.1, 0.15) is 71.6 Å². The number of likely N-dealkylation sites (tertiary alicyclic amines) is 1. The van der Waals surface area contributed by atoms with E-state index in [0.717, 1.165) is 18.4 Å². The van der Waals surface area contributed by atoms with Crippen molar-refractivity contribution < 1.29 is 5.11 Å². The van der Waals surface area contributed by atoms with Gasteiger partial charge in [0.05, 0.1) is 0 Å². The summed E-state index contributed by atoms with van der Waals surface area (Å²) in [5.41, 5.74) is 0.376. The van der Waals surface area contributed by atoms with E-state index in [4.69, 9.17) is 0 Å². The van der Waals surface area contributed by atoms with E-state index in [1.807, 2.05) is 0 Å². The zero-order valence-electron chi connectivity index (χ0n) is 12.3. The molecule has 0 aromatic rings. The Bertz CT molecular complexity index is 243. The van der Waals surface area contributed by atoms with Crippen molar-refractivity contribution in [2.45, 2.75) is 83.2 Å². The Hall–Kier alpha value is -0.0800. The number of rotatable bonds is 3. The average Bonchev–Trinajstić information content (AvgIpc) is 2.60. The third kappa shape index (κ3) is 3.48. The molecule has 18 heavy (non-hydrogen) atoms. The highest BCUT2D eigenvalue weighted by Gasteiger charge is 2.37. The fourth-order valence-electron chi connectivity index (χ4n) is 3.95. The highest BCUT2D eigenvalue weighted by Crippen LogP contribution is 2.36. The molecule has 1 saturated carbocycles. The molecule has 0 aromatic heterocycles. The third-order valence-electron chi connectivity index (χ3n) is 5.20. The lowest BCUT2D eigenvalue weighted by Gasteiger charge is -2.49. The van der Waals surface area contributed by atoms with Gasteiger partial charge in [0.1, 0.15) is 0 Å². The van der Waals surface area contributed by atoms with Gasteiger partial charge in [-0.2, -0.15) is 0 Å². The summed E-state index contributed by atoms with van der Waals surface area (Å²) < 4.78 is 0. The highest BCUT2D eigenvalue weighted by molar-refractivity contribution is 4.93. The lowest BCUT2D eigenvalue weighted by Crippen LogP contribution is -2.55. The van der Waals surface area contributed by atoms with E-state index in [9.17, 15) is 5.11 Å². The second-order valence-corrected chi connectivity index (χ2v) is 7.03. The predicted octanol–water partition coefficient (Wildman–Crippen LogP) is 3.58. The van der Waals surface area contributed by atoms with Gasteiger partial charge in [-0.1, -0.05) is 25.7 Å². The SMILES string of the molecule is CC1(C)CCC(CCO)CN1C1CCCCCC1. The number of aliphatic hydroxyl groups is 1. The molecule has 1 unspecified atom stereocenters. The molecule has 1 aliphatic carbocycles. The lowest BCUT2D eigenvalue weighted by molar-refractivity contribution is -0.00378. The summed E-state index contributed by atoms with van der Waals surface area (Å²) in [4.78, 5) is 2.79. The minimum atomic E-state index is 0.365. The molecule has 0 spiro atoms. The molecule has 0 amide bonds. The zero-order chi connectivity index (χ0) is 13.0. The van der Waals surface area contributed by atoms with Gasteiger partial charge in [0, 0.05) is 24.7 Å². The van der Waals surface area contributed by atoms with Crippen LogP contribution >= 0.6 is 0 Å². The Morgan fingerprint density at radius 2 is 1.72 bits per heavy atom. The summed E-state index contributed by atoms with van der Waals surface area (Å²) in [7, 11) is 0. The standard InChI is InChI=1S/C16H31NO/c1-16(2)11-9-14(10-12-18)13-17(16)15-7-5-3-4-6-8-15/h14-15,18H,3-13H2,1-2H3. The molecule has 2 rings (SSSR count). The first kappa shape index (κ1) is 14.3. The maximum Gasteiger partial charge on any atom is 0.0434 e. The van der Waals surface area contributed by atoms with Crippen molar-refractivity contribution >= 4 is 0 Å². The fraction of sp³-hybridized carbons (Fsp3) is 1.00. The molecule has 1 heterocycles. The topological polar surface area (TPSA) is 23.5 Å². The van der Waals surface area contributed by atoms with Gasteiger partial charge in [-0.05, 0) is 51.9 Å². The molecule has 2 heteroatoms. The number of nitrogens with zero attached hydrogens (tertiary/aromatic N) is 1. The van der Waals surface area contributed by atoms with Gasteiger partial charge in [0.15, 0.2) is 0 Å². The van der Waals surface area contributed by atoms with Crippen molar-refractivity contribution in [3.8, 4) is 0 Å². The van der Waals surface area contributed by atoms with E-state index in [1.54, 1.807) is 0 Å². The highest BCUT2D eigenvalue weighted by atomic mass is 16.3. The van der Waals surface area contributed by atoms with Crippen LogP contribution in [0, 0.1) is 5.92 Å². The predicted molar refractivity (Wildman–Crippen MR) is 76.7 cm³/mol. The summed E-state index contributed by atoms with van der Waals surface area (Å²) in [5.74, 6) is 0.728. The normalized spacial score (nSPS) is 31.2. The van der Waals surface area contributed by atoms with Crippen LogP contribution in [0.25, 0.3) is 0 Å². The Morgan fingerprint density at radius 3 is 2.33 bits per heavy atom. The van der Waals surface area contributed by atoms with Gasteiger partial charge in [-0.15, -0.1) is 0 Å². The van der Waals surface area contributed by atoms with Crippen LogP contribution in [0.15, 0.2) is 0 Å². The number of hydrogen-bond acceptors (Lipinski definition) is 2. The average molecular weight is 253 g/mol. The lowest BCUT2D eigenvalue weighted by atomic mass is 9.81. The minimum Gasteiger partial charge on any atom is -0.396 e. The fourth-order valence-corrected chi connectivity index (χ4v) is 3.95. The largest absolute Gasteiger partial charge is 0.396 e. The summed E-state index contributed by atoms with van der Waals surface area (Å²) >= 11 is 0. The summed E-state index contributed by atoms with van der Waals surface area (Å²) in [6, 6.07) is 0.809. The van der Waals surface area contributed by atoms with Crippen LogP contribution < -0.4 is 0 Å². The van der Waals surface area contributed by atoms with Crippen molar-refractivity contribution in [2.75, 3.05) is 13.2 Å². The van der Waals surface area contributed by atoms with Gasteiger partial charge < -0.3 is 5.11 Å². The van der Waals surface area contributed by atoms with Crippen LogP contribution in [0.3, 0.4) is 0 Å². The van der Waals surface area contributed by atoms with Gasteiger partial charge in [-0.3, -0.25) is 4.90 Å². The third-order valence-corrected chi connectivity index (χ3v) is 5.20. The quantitative estimate of drug-likeness (QED) is 0.777. The van der Waals surface area contributed by atoms with E-state index >= 15 is 0 Å². The van der Waals surface area contributed by atoms with Crippen LogP contribution in [0.4, 0.5) is 0 Å². The monoisotopic (exact) mass is 253 g/mol. The van der Waals surface area contributed by atoms with Crippen LogP contribution in [-0.4, -0.2) is 34.7 Å². The second kappa shape index (κ2) is 6.38. The maximum atomic E-state index is 9.17. The Balaban J connectivity index is 2.00. The van der Waals surface area contributed by atoms with Crippen molar-refractivity contribution in [3.05, 3.63) is 0 Å². The second-order valence-electron chi connectivity index (χ2n) is 7.03. The molecule has 1 saturated heterocycles. The Labute approximate surface area is 113 Å². The van der Waals surface area contributed by atoms with Crippen molar-refractivity contribution in [1.82, 2.24) is 4.90 Å². The van der Waals surface area contributed by atoms with E-state index < -0.39 is 0 Å². The molecule has 1 N–H and O–H groups in total. The van der Waals surface area contributed by atoms with Crippen molar-refractivity contribution in [2.24, 2.45) is 5.92 Å². The van der Waals surface area contributed by atoms with Gasteiger partial charge in [-0.25, -0.2) is 0 Å². The molecule has 1 aliphatic heterocycles. The van der Waals surface area contributed by atoms with Gasteiger partial charge in [0.2, 0.25) is 0 Å². The van der Waals surface area contributed by atoms with E-state index in [0.29, 0.717) is 12.1 Å². The first-order chi connectivity index (χ1) is 8.63. The summed E-state index contributed by atoms with van der Waals surface area (Å²) in [6.07, 6.45) is 12.1. The molecule has 0 radical (unpaired) electrons. The summed E-state index contributed by atoms with van der Waals surface area (Å²) in [5, 5.41) is 9.17. The van der Waals surface area contributed by atoms with Gasteiger partial charge >= 0.3 is 0 Å². The molecule has 106 valence electrons. The van der Waals surface area contributed by atoms with Gasteiger partial charge in [0.25, 0.3) is 0 Å². The molecular weight excluding hydrogens is 222 g/mol.